The Morgan fingerprint density at radius 2 is 1.82 bits per heavy atom. The van der Waals surface area contributed by atoms with E-state index in [1.54, 1.807) is 5.32 Å². The smallest absolute Gasteiger partial charge is 0.368 e. The summed E-state index contributed by atoms with van der Waals surface area (Å²) in [7, 11) is 0. The van der Waals surface area contributed by atoms with Gasteiger partial charge in [0.25, 0.3) is 0 Å². The first kappa shape index (κ1) is 25.4. The molecule has 5 N–H and O–H groups in total. The highest BCUT2D eigenvalue weighted by Crippen LogP contribution is 2.57. The van der Waals surface area contributed by atoms with Crippen LogP contribution in [0.2, 0.25) is 0 Å². The van der Waals surface area contributed by atoms with Crippen LogP contribution in [0, 0.1) is 35.0 Å². The molecule has 0 aromatic heterocycles. The Balaban J connectivity index is 1.64. The predicted molar refractivity (Wildman–Crippen MR) is 128 cm³/mol. The SMILES string of the molecule is [2H][C@H]1[C@H]([2H])[C@@H]2C[C@H]1[C@H]1[C@@H]2CN(C(=O)[C@@H](NC(=O)C(F)(F)F)C(C)(C)C)[C@@H]1C(=O)N[C@@H](C[C@@H]1CCNC1=O)C(N)=O. The number of rotatable bonds is 7. The van der Waals surface area contributed by atoms with Crippen LogP contribution in [0.5, 0.6) is 0 Å². The van der Waals surface area contributed by atoms with E-state index in [2.05, 4.69) is 10.6 Å². The first-order valence-electron chi connectivity index (χ1n) is 14.0. The van der Waals surface area contributed by atoms with E-state index < -0.39 is 83.9 Å². The monoisotopic (exact) mass is 545 g/mol. The highest BCUT2D eigenvalue weighted by Gasteiger charge is 2.60. The van der Waals surface area contributed by atoms with Crippen molar-refractivity contribution in [3.05, 3.63) is 0 Å². The largest absolute Gasteiger partial charge is 0.471 e. The van der Waals surface area contributed by atoms with Gasteiger partial charge < -0.3 is 26.6 Å². The van der Waals surface area contributed by atoms with Crippen LogP contribution in [-0.4, -0.2) is 71.8 Å². The number of alkyl halides is 3. The van der Waals surface area contributed by atoms with Gasteiger partial charge in [-0.2, -0.15) is 13.2 Å². The first-order valence-corrected chi connectivity index (χ1v) is 12.8. The number of carbonyl (C=O) groups is 5. The van der Waals surface area contributed by atoms with E-state index in [0.717, 1.165) is 4.90 Å². The van der Waals surface area contributed by atoms with Gasteiger partial charge in [-0.1, -0.05) is 20.8 Å². The molecule has 2 heterocycles. The van der Waals surface area contributed by atoms with Crippen molar-refractivity contribution in [2.24, 2.45) is 40.7 Å². The van der Waals surface area contributed by atoms with E-state index in [0.29, 0.717) is 19.4 Å². The minimum Gasteiger partial charge on any atom is -0.368 e. The third-order valence-electron chi connectivity index (χ3n) is 8.34. The van der Waals surface area contributed by atoms with Crippen LogP contribution in [0.25, 0.3) is 0 Å². The number of fused-ring (bicyclic) bond motifs is 5. The van der Waals surface area contributed by atoms with Gasteiger partial charge in [0.15, 0.2) is 0 Å². The second-order valence-electron chi connectivity index (χ2n) is 11.9. The molecule has 2 bridgehead atoms. The number of primary amides is 1. The minimum atomic E-state index is -5.24. The zero-order chi connectivity index (χ0) is 29.9. The summed E-state index contributed by atoms with van der Waals surface area (Å²) < 4.78 is 56.3. The van der Waals surface area contributed by atoms with Crippen molar-refractivity contribution in [3.63, 3.8) is 0 Å². The third kappa shape index (κ3) is 5.33. The summed E-state index contributed by atoms with van der Waals surface area (Å²) in [6.07, 6.45) is -5.88. The first-order chi connectivity index (χ1) is 18.4. The van der Waals surface area contributed by atoms with Crippen molar-refractivity contribution in [2.75, 3.05) is 13.1 Å². The molecule has 4 aliphatic rings. The van der Waals surface area contributed by atoms with Gasteiger partial charge in [0.1, 0.15) is 18.1 Å². The molecule has 0 aromatic rings. The highest BCUT2D eigenvalue weighted by atomic mass is 19.4. The van der Waals surface area contributed by atoms with Gasteiger partial charge in [-0.3, -0.25) is 24.0 Å². The Morgan fingerprint density at radius 3 is 2.37 bits per heavy atom. The summed E-state index contributed by atoms with van der Waals surface area (Å²) in [5.74, 6) is -7.26. The number of hydrogen-bond acceptors (Lipinski definition) is 5. The Hall–Kier alpha value is -2.86. The molecular weight excluding hydrogens is 507 g/mol. The van der Waals surface area contributed by atoms with Gasteiger partial charge in [0, 0.05) is 21.7 Å². The van der Waals surface area contributed by atoms with Crippen molar-refractivity contribution in [1.29, 1.82) is 0 Å². The van der Waals surface area contributed by atoms with Crippen LogP contribution < -0.4 is 21.7 Å². The minimum absolute atomic E-state index is 0.0361. The van der Waals surface area contributed by atoms with Crippen LogP contribution in [0.15, 0.2) is 0 Å². The maximum atomic E-state index is 13.9. The zero-order valence-electron chi connectivity index (χ0n) is 23.5. The molecule has 2 saturated heterocycles. The summed E-state index contributed by atoms with van der Waals surface area (Å²) in [5, 5.41) is 7.00. The van der Waals surface area contributed by atoms with Gasteiger partial charge in [-0.15, -0.1) is 0 Å². The fourth-order valence-corrected chi connectivity index (χ4v) is 6.47. The lowest BCUT2D eigenvalue weighted by Crippen LogP contribution is -2.61. The number of carbonyl (C=O) groups excluding carboxylic acids is 5. The lowest BCUT2D eigenvalue weighted by molar-refractivity contribution is -0.176. The van der Waals surface area contributed by atoms with E-state index in [1.807, 2.05) is 0 Å². The Morgan fingerprint density at radius 1 is 1.16 bits per heavy atom. The number of nitrogens with two attached hydrogens (primary N) is 1. The van der Waals surface area contributed by atoms with Gasteiger partial charge >= 0.3 is 12.1 Å². The standard InChI is InChI=1S/C25H36F3N5O5/c1-24(2,3)18(32-23(38)25(26,27)28)22(37)33-10-14-11-4-5-12(8-11)16(14)17(33)21(36)31-15(19(29)34)9-13-6-7-30-20(13)35/h11-18H,4-10H2,1-3H3,(H2,29,34)(H,30,35)(H,31,36)(H,32,38)/t11-,12+,13+,14-,15+,16+,17+,18-/m1/s1/i4D,5D/t4-,5-,11+,12-,13-,14+,15-,16-,17-,18+/m0. The van der Waals surface area contributed by atoms with Gasteiger partial charge in [0.2, 0.25) is 23.6 Å². The molecule has 0 spiro atoms. The van der Waals surface area contributed by atoms with Crippen molar-refractivity contribution in [2.45, 2.75) is 77.1 Å². The number of likely N-dealkylation sites (tertiary alicyclic amines) is 1. The Kier molecular flexibility index (Phi) is 6.71. The predicted octanol–water partition coefficient (Wildman–Crippen LogP) is 0.449. The third-order valence-corrected chi connectivity index (χ3v) is 8.34. The van der Waals surface area contributed by atoms with Crippen LogP contribution in [0.4, 0.5) is 13.2 Å². The van der Waals surface area contributed by atoms with Crippen molar-refractivity contribution < 1.29 is 39.9 Å². The average Bonchev–Trinajstić information content (AvgIpc) is 3.57. The van der Waals surface area contributed by atoms with E-state index in [1.165, 1.54) is 20.8 Å². The highest BCUT2D eigenvalue weighted by molar-refractivity contribution is 5.96. The molecule has 10 atom stereocenters. The van der Waals surface area contributed by atoms with E-state index >= 15 is 0 Å². The molecule has 2 saturated carbocycles. The summed E-state index contributed by atoms with van der Waals surface area (Å²) >= 11 is 0. The normalized spacial score (nSPS) is 36.6. The van der Waals surface area contributed by atoms with Crippen LogP contribution in [0.3, 0.4) is 0 Å². The van der Waals surface area contributed by atoms with E-state index in [4.69, 9.17) is 8.48 Å². The fourth-order valence-electron chi connectivity index (χ4n) is 6.47. The van der Waals surface area contributed by atoms with Crippen molar-refractivity contribution in [1.82, 2.24) is 20.9 Å². The molecule has 2 aliphatic carbocycles. The Labute approximate surface area is 221 Å². The molecule has 4 rings (SSSR count). The molecule has 2 aliphatic heterocycles. The number of nitrogens with one attached hydrogen (secondary N) is 3. The number of amides is 5. The molecule has 4 fully saturated rings. The van der Waals surface area contributed by atoms with Crippen LogP contribution in [0.1, 0.15) is 55.6 Å². The molecular formula is C25H36F3N5O5. The molecule has 5 amide bonds. The fraction of sp³-hybridized carbons (Fsp3) is 0.800. The van der Waals surface area contributed by atoms with Crippen LogP contribution in [-0.2, 0) is 24.0 Å². The summed E-state index contributed by atoms with van der Waals surface area (Å²) in [6.45, 7) is 4.83. The summed E-state index contributed by atoms with van der Waals surface area (Å²) in [5.41, 5.74) is 4.37. The summed E-state index contributed by atoms with van der Waals surface area (Å²) in [6, 6.07) is -4.13. The maximum absolute atomic E-state index is 13.9. The number of halogens is 3. The molecule has 212 valence electrons. The molecule has 13 heteroatoms. The number of nitrogens with zero attached hydrogens (tertiary/aromatic N) is 1. The topological polar surface area (TPSA) is 151 Å². The molecule has 38 heavy (non-hydrogen) atoms. The molecule has 0 aromatic carbocycles. The van der Waals surface area contributed by atoms with E-state index in [-0.39, 0.29) is 30.7 Å². The van der Waals surface area contributed by atoms with E-state index in [9.17, 15) is 37.1 Å². The average molecular weight is 546 g/mol. The van der Waals surface area contributed by atoms with Gasteiger partial charge in [-0.05, 0) is 61.1 Å². The summed E-state index contributed by atoms with van der Waals surface area (Å²) in [4.78, 5) is 65.0. The number of hydrogen-bond donors (Lipinski definition) is 4. The Bertz CT molecular complexity index is 1090. The molecule has 0 unspecified atom stereocenters. The second-order valence-corrected chi connectivity index (χ2v) is 11.9. The maximum Gasteiger partial charge on any atom is 0.471 e. The lowest BCUT2D eigenvalue weighted by atomic mass is 9.78. The quantitative estimate of drug-likeness (QED) is 0.366. The van der Waals surface area contributed by atoms with Crippen molar-refractivity contribution in [3.8, 4) is 0 Å². The van der Waals surface area contributed by atoms with Gasteiger partial charge in [0.05, 0.1) is 0 Å². The zero-order valence-corrected chi connectivity index (χ0v) is 21.5. The lowest BCUT2D eigenvalue weighted by Gasteiger charge is -2.37. The van der Waals surface area contributed by atoms with Gasteiger partial charge in [-0.25, -0.2) is 0 Å². The molecule has 10 nitrogen and oxygen atoms in total. The van der Waals surface area contributed by atoms with Crippen molar-refractivity contribution >= 4 is 29.5 Å². The van der Waals surface area contributed by atoms with Crippen LogP contribution >= 0.6 is 0 Å². The molecule has 0 radical (unpaired) electrons. The second kappa shape index (κ2) is 10.0.